The molecule has 3 aromatic carbocycles. The number of carbonyl (C=O) groups is 1. The molecule has 0 radical (unpaired) electrons. The normalized spacial score (nSPS) is 11.4. The van der Waals surface area contributed by atoms with Crippen molar-refractivity contribution >= 4 is 33.2 Å². The Bertz CT molecular complexity index is 1280. The van der Waals surface area contributed by atoms with Crippen LogP contribution in [-0.2, 0) is 16.6 Å². The average molecular weight is 503 g/mol. The molecular formula is C25H27ClN2O5S. The Morgan fingerprint density at radius 3 is 2.35 bits per heavy atom. The van der Waals surface area contributed by atoms with E-state index in [1.165, 1.54) is 42.7 Å². The van der Waals surface area contributed by atoms with Gasteiger partial charge in [-0.1, -0.05) is 17.7 Å². The molecule has 9 heteroatoms. The van der Waals surface area contributed by atoms with E-state index < -0.39 is 10.0 Å². The highest BCUT2D eigenvalue weighted by molar-refractivity contribution is 7.89. The van der Waals surface area contributed by atoms with Crippen LogP contribution in [0.1, 0.15) is 28.4 Å². The van der Waals surface area contributed by atoms with Crippen LogP contribution >= 0.6 is 11.6 Å². The summed E-state index contributed by atoms with van der Waals surface area (Å²) < 4.78 is 38.3. The maximum atomic E-state index is 13.0. The van der Waals surface area contributed by atoms with Gasteiger partial charge in [0, 0.05) is 29.7 Å². The van der Waals surface area contributed by atoms with Gasteiger partial charge in [-0.15, -0.1) is 0 Å². The van der Waals surface area contributed by atoms with Crippen LogP contribution in [0.5, 0.6) is 11.5 Å². The third kappa shape index (κ3) is 5.88. The van der Waals surface area contributed by atoms with Crippen LogP contribution in [0.3, 0.4) is 0 Å². The van der Waals surface area contributed by atoms with E-state index in [2.05, 4.69) is 5.32 Å². The summed E-state index contributed by atoms with van der Waals surface area (Å²) >= 11 is 5.89. The molecule has 0 aliphatic rings. The van der Waals surface area contributed by atoms with E-state index in [0.29, 0.717) is 39.9 Å². The number of nitrogens with one attached hydrogen (secondary N) is 1. The van der Waals surface area contributed by atoms with Crippen molar-refractivity contribution in [1.29, 1.82) is 0 Å². The van der Waals surface area contributed by atoms with Crippen LogP contribution in [0, 0.1) is 6.92 Å². The Hall–Kier alpha value is -3.07. The Morgan fingerprint density at radius 1 is 1.03 bits per heavy atom. The summed E-state index contributed by atoms with van der Waals surface area (Å²) in [6, 6.07) is 16.4. The van der Waals surface area contributed by atoms with Gasteiger partial charge >= 0.3 is 0 Å². The lowest BCUT2D eigenvalue weighted by atomic mass is 10.1. The first-order chi connectivity index (χ1) is 16.1. The highest BCUT2D eigenvalue weighted by Gasteiger charge is 2.23. The predicted octanol–water partition coefficient (Wildman–Crippen LogP) is 5.13. The second-order valence-electron chi connectivity index (χ2n) is 7.63. The van der Waals surface area contributed by atoms with E-state index in [4.69, 9.17) is 21.1 Å². The van der Waals surface area contributed by atoms with Gasteiger partial charge in [-0.3, -0.25) is 4.79 Å². The Kier molecular flexibility index (Phi) is 8.19. The van der Waals surface area contributed by atoms with Crippen molar-refractivity contribution in [2.75, 3.05) is 26.1 Å². The minimum absolute atomic E-state index is 0.00911. The first kappa shape index (κ1) is 25.6. The Morgan fingerprint density at radius 2 is 1.71 bits per heavy atom. The number of rotatable bonds is 9. The lowest BCUT2D eigenvalue weighted by Crippen LogP contribution is -2.27. The molecule has 1 amide bonds. The summed E-state index contributed by atoms with van der Waals surface area (Å²) in [4.78, 5) is 13.1. The number of sulfonamides is 1. The van der Waals surface area contributed by atoms with E-state index >= 15 is 0 Å². The molecule has 3 rings (SSSR count). The number of carbonyl (C=O) groups excluding carboxylic acids is 1. The molecule has 0 saturated heterocycles. The molecule has 0 fully saturated rings. The molecule has 0 heterocycles. The van der Waals surface area contributed by atoms with Crippen molar-refractivity contribution in [1.82, 2.24) is 4.31 Å². The van der Waals surface area contributed by atoms with Crippen molar-refractivity contribution in [3.8, 4) is 11.5 Å². The van der Waals surface area contributed by atoms with E-state index in [9.17, 15) is 13.2 Å². The van der Waals surface area contributed by atoms with Gasteiger partial charge in [-0.25, -0.2) is 8.42 Å². The smallest absolute Gasteiger partial charge is 0.255 e. The third-order valence-corrected chi connectivity index (χ3v) is 7.21. The fourth-order valence-corrected chi connectivity index (χ4v) is 4.64. The SMILES string of the molecule is CCOc1ccc(C(=O)Nc2cc(C)ccc2OC)cc1CN(C)S(=O)(=O)c1ccc(Cl)cc1. The maximum absolute atomic E-state index is 13.0. The Balaban J connectivity index is 1.89. The quantitative estimate of drug-likeness (QED) is 0.438. The van der Waals surface area contributed by atoms with Gasteiger partial charge in [-0.2, -0.15) is 4.31 Å². The van der Waals surface area contributed by atoms with Crippen LogP contribution in [0.2, 0.25) is 5.02 Å². The van der Waals surface area contributed by atoms with E-state index in [-0.39, 0.29) is 17.3 Å². The molecule has 0 aromatic heterocycles. The number of methoxy groups -OCH3 is 1. The zero-order chi connectivity index (χ0) is 24.9. The fraction of sp³-hybridized carbons (Fsp3) is 0.240. The molecular weight excluding hydrogens is 476 g/mol. The van der Waals surface area contributed by atoms with Crippen molar-refractivity contribution < 1.29 is 22.7 Å². The molecule has 0 aliphatic carbocycles. The second-order valence-corrected chi connectivity index (χ2v) is 10.1. The molecule has 34 heavy (non-hydrogen) atoms. The number of benzene rings is 3. The number of anilines is 1. The predicted molar refractivity (Wildman–Crippen MR) is 133 cm³/mol. The topological polar surface area (TPSA) is 84.9 Å². The van der Waals surface area contributed by atoms with E-state index in [1.807, 2.05) is 26.0 Å². The van der Waals surface area contributed by atoms with E-state index in [1.54, 1.807) is 24.3 Å². The first-order valence-electron chi connectivity index (χ1n) is 10.6. The average Bonchev–Trinajstić information content (AvgIpc) is 2.80. The molecule has 7 nitrogen and oxygen atoms in total. The minimum atomic E-state index is -3.78. The number of halogens is 1. The monoisotopic (exact) mass is 502 g/mol. The minimum Gasteiger partial charge on any atom is -0.495 e. The zero-order valence-corrected chi connectivity index (χ0v) is 21.0. The van der Waals surface area contributed by atoms with Gasteiger partial charge < -0.3 is 14.8 Å². The summed E-state index contributed by atoms with van der Waals surface area (Å²) in [6.45, 7) is 4.16. The maximum Gasteiger partial charge on any atom is 0.255 e. The largest absolute Gasteiger partial charge is 0.495 e. The van der Waals surface area contributed by atoms with Gasteiger partial charge in [0.25, 0.3) is 5.91 Å². The molecule has 0 saturated carbocycles. The van der Waals surface area contributed by atoms with Crippen molar-refractivity contribution in [2.45, 2.75) is 25.3 Å². The summed E-state index contributed by atoms with van der Waals surface area (Å²) in [6.07, 6.45) is 0. The fourth-order valence-electron chi connectivity index (χ4n) is 3.37. The van der Waals surface area contributed by atoms with E-state index in [0.717, 1.165) is 5.56 Å². The van der Waals surface area contributed by atoms with Crippen molar-refractivity contribution in [3.63, 3.8) is 0 Å². The lowest BCUT2D eigenvalue weighted by molar-refractivity contribution is 0.102. The molecule has 180 valence electrons. The standard InChI is InChI=1S/C25H27ClN2O5S/c1-5-33-23-13-7-18(25(29)27-22-14-17(2)6-12-24(22)32-4)15-19(23)16-28(3)34(30,31)21-10-8-20(26)9-11-21/h6-15H,5,16H2,1-4H3,(H,27,29). The number of hydrogen-bond acceptors (Lipinski definition) is 5. The number of aryl methyl sites for hydroxylation is 1. The first-order valence-corrected chi connectivity index (χ1v) is 12.4. The van der Waals surface area contributed by atoms with Crippen LogP contribution < -0.4 is 14.8 Å². The number of amides is 1. The van der Waals surface area contributed by atoms with Crippen molar-refractivity contribution in [2.24, 2.45) is 0 Å². The molecule has 0 aliphatic heterocycles. The Labute approximate surface area is 205 Å². The summed E-state index contributed by atoms with van der Waals surface area (Å²) in [7, 11) is -0.769. The molecule has 1 N–H and O–H groups in total. The van der Waals surface area contributed by atoms with Crippen LogP contribution in [-0.4, -0.2) is 39.4 Å². The zero-order valence-electron chi connectivity index (χ0n) is 19.5. The highest BCUT2D eigenvalue weighted by Crippen LogP contribution is 2.28. The van der Waals surface area contributed by atoms with Gasteiger partial charge in [0.1, 0.15) is 11.5 Å². The summed E-state index contributed by atoms with van der Waals surface area (Å²) in [5.74, 6) is 0.695. The molecule has 0 atom stereocenters. The molecule has 0 bridgehead atoms. The third-order valence-electron chi connectivity index (χ3n) is 5.14. The van der Waals surface area contributed by atoms with Crippen LogP contribution in [0.25, 0.3) is 0 Å². The van der Waals surface area contributed by atoms with Crippen LogP contribution in [0.15, 0.2) is 65.6 Å². The molecule has 0 unspecified atom stereocenters. The van der Waals surface area contributed by atoms with Gasteiger partial charge in [0.05, 0.1) is 24.3 Å². The second kappa shape index (κ2) is 10.9. The number of nitrogens with zero attached hydrogens (tertiary/aromatic N) is 1. The summed E-state index contributed by atoms with van der Waals surface area (Å²) in [5, 5.41) is 3.31. The van der Waals surface area contributed by atoms with Crippen molar-refractivity contribution in [3.05, 3.63) is 82.4 Å². The molecule has 3 aromatic rings. The van der Waals surface area contributed by atoms with Gasteiger partial charge in [0.2, 0.25) is 10.0 Å². The lowest BCUT2D eigenvalue weighted by Gasteiger charge is -2.20. The van der Waals surface area contributed by atoms with Gasteiger partial charge in [0.15, 0.2) is 0 Å². The summed E-state index contributed by atoms with van der Waals surface area (Å²) in [5.41, 5.74) is 2.44. The van der Waals surface area contributed by atoms with Gasteiger partial charge in [-0.05, 0) is 74.0 Å². The number of hydrogen-bond donors (Lipinski definition) is 1. The molecule has 0 spiro atoms. The highest BCUT2D eigenvalue weighted by atomic mass is 35.5. The number of ether oxygens (including phenoxy) is 2. The van der Waals surface area contributed by atoms with Crippen LogP contribution in [0.4, 0.5) is 5.69 Å².